The van der Waals surface area contributed by atoms with Crippen molar-refractivity contribution in [2.24, 2.45) is 5.92 Å². The number of nitrogens with zero attached hydrogens (tertiary/aromatic N) is 2. The van der Waals surface area contributed by atoms with Crippen LogP contribution in [0.2, 0.25) is 0 Å². The lowest BCUT2D eigenvalue weighted by molar-refractivity contribution is -0.139. The molecule has 0 N–H and O–H groups in total. The maximum atomic E-state index is 13.1. The van der Waals surface area contributed by atoms with Gasteiger partial charge in [0.15, 0.2) is 0 Å². The average Bonchev–Trinajstić information content (AvgIpc) is 2.98. The molecule has 24 heavy (non-hydrogen) atoms. The predicted molar refractivity (Wildman–Crippen MR) is 101 cm³/mol. The van der Waals surface area contributed by atoms with Gasteiger partial charge in [-0.15, -0.1) is 11.3 Å². The lowest BCUT2D eigenvalue weighted by Crippen LogP contribution is -2.52. The third-order valence-electron chi connectivity index (χ3n) is 5.79. The van der Waals surface area contributed by atoms with Crippen molar-refractivity contribution in [1.82, 2.24) is 9.80 Å². The molecule has 2 unspecified atom stereocenters. The Morgan fingerprint density at radius 2 is 2.00 bits per heavy atom. The molecule has 1 aromatic rings. The highest BCUT2D eigenvalue weighted by molar-refractivity contribution is 7.11. The molecular formula is C20H32N2OS. The van der Waals surface area contributed by atoms with Crippen LogP contribution < -0.4 is 0 Å². The van der Waals surface area contributed by atoms with Gasteiger partial charge >= 0.3 is 0 Å². The number of hydrogen-bond acceptors (Lipinski definition) is 3. The van der Waals surface area contributed by atoms with E-state index in [0.29, 0.717) is 24.5 Å². The summed E-state index contributed by atoms with van der Waals surface area (Å²) in [6, 6.07) is 5.30. The Kier molecular flexibility index (Phi) is 5.98. The molecule has 134 valence electrons. The van der Waals surface area contributed by atoms with Gasteiger partial charge in [-0.1, -0.05) is 12.8 Å². The van der Waals surface area contributed by atoms with Gasteiger partial charge in [-0.05, 0) is 64.5 Å². The molecule has 1 aromatic heterocycles. The molecule has 3 nitrogen and oxygen atoms in total. The van der Waals surface area contributed by atoms with E-state index in [0.717, 1.165) is 19.0 Å². The molecule has 1 aliphatic carbocycles. The minimum absolute atomic E-state index is 0.355. The molecule has 0 bridgehead atoms. The van der Waals surface area contributed by atoms with Crippen molar-refractivity contribution in [3.05, 3.63) is 21.9 Å². The molecule has 2 atom stereocenters. The Bertz CT molecular complexity index is 552. The first kappa shape index (κ1) is 17.9. The summed E-state index contributed by atoms with van der Waals surface area (Å²) in [7, 11) is 0. The third-order valence-corrected chi connectivity index (χ3v) is 6.77. The van der Waals surface area contributed by atoms with Crippen LogP contribution in [0.4, 0.5) is 0 Å². The molecule has 3 rings (SSSR count). The van der Waals surface area contributed by atoms with Crippen LogP contribution in [0.25, 0.3) is 0 Å². The van der Waals surface area contributed by atoms with Gasteiger partial charge in [0.05, 0.1) is 6.54 Å². The molecule has 1 saturated heterocycles. The maximum Gasteiger partial charge on any atom is 0.237 e. The molecule has 0 radical (unpaired) electrons. The highest BCUT2D eigenvalue weighted by Gasteiger charge is 2.36. The smallest absolute Gasteiger partial charge is 0.237 e. The molecule has 0 aromatic carbocycles. The minimum atomic E-state index is 0.355. The van der Waals surface area contributed by atoms with Crippen LogP contribution in [0.1, 0.15) is 62.1 Å². The number of hydrogen-bond donors (Lipinski definition) is 0. The first-order chi connectivity index (χ1) is 11.5. The van der Waals surface area contributed by atoms with E-state index in [9.17, 15) is 4.79 Å². The number of piperidine rings is 1. The SMILES string of the molecule is Cc1ccc(CN(CC(=O)N2CCCC3CCCCC32)C(C)C)s1. The fraction of sp³-hybridized carbons (Fsp3) is 0.750. The highest BCUT2D eigenvalue weighted by atomic mass is 32.1. The Labute approximate surface area is 151 Å². The summed E-state index contributed by atoms with van der Waals surface area (Å²) < 4.78 is 0. The van der Waals surface area contributed by atoms with Crippen LogP contribution in [0, 0.1) is 12.8 Å². The number of carbonyl (C=O) groups is 1. The van der Waals surface area contributed by atoms with Gasteiger partial charge in [-0.25, -0.2) is 0 Å². The Morgan fingerprint density at radius 1 is 1.25 bits per heavy atom. The van der Waals surface area contributed by atoms with Crippen LogP contribution in [0.3, 0.4) is 0 Å². The number of carbonyl (C=O) groups excluding carboxylic acids is 1. The molecular weight excluding hydrogens is 316 g/mol. The van der Waals surface area contributed by atoms with E-state index in [1.807, 2.05) is 11.3 Å². The van der Waals surface area contributed by atoms with Gasteiger partial charge < -0.3 is 4.90 Å². The van der Waals surface area contributed by atoms with Gasteiger partial charge in [0, 0.05) is 34.9 Å². The molecule has 2 aliphatic rings. The van der Waals surface area contributed by atoms with Gasteiger partial charge in [-0.3, -0.25) is 9.69 Å². The summed E-state index contributed by atoms with van der Waals surface area (Å²) in [5, 5.41) is 0. The molecule has 1 aliphatic heterocycles. The van der Waals surface area contributed by atoms with E-state index in [1.54, 1.807) is 0 Å². The zero-order valence-corrected chi connectivity index (χ0v) is 16.3. The second-order valence-corrected chi connectivity index (χ2v) is 9.22. The molecule has 1 amide bonds. The van der Waals surface area contributed by atoms with Gasteiger partial charge in [0.1, 0.15) is 0 Å². The topological polar surface area (TPSA) is 23.6 Å². The Morgan fingerprint density at radius 3 is 2.71 bits per heavy atom. The van der Waals surface area contributed by atoms with E-state index >= 15 is 0 Å². The number of fused-ring (bicyclic) bond motifs is 1. The lowest BCUT2D eigenvalue weighted by atomic mass is 9.78. The first-order valence-electron chi connectivity index (χ1n) is 9.63. The van der Waals surface area contributed by atoms with Crippen LogP contribution in [-0.4, -0.2) is 40.9 Å². The van der Waals surface area contributed by atoms with Crippen LogP contribution >= 0.6 is 11.3 Å². The molecule has 2 heterocycles. The second kappa shape index (κ2) is 8.01. The van der Waals surface area contributed by atoms with Crippen molar-refractivity contribution < 1.29 is 4.79 Å². The van der Waals surface area contributed by atoms with Crippen molar-refractivity contribution in [3.8, 4) is 0 Å². The summed E-state index contributed by atoms with van der Waals surface area (Å²) >= 11 is 1.85. The molecule has 2 fully saturated rings. The number of likely N-dealkylation sites (tertiary alicyclic amines) is 1. The lowest BCUT2D eigenvalue weighted by Gasteiger charge is -2.45. The summed E-state index contributed by atoms with van der Waals surface area (Å²) in [5.41, 5.74) is 0. The van der Waals surface area contributed by atoms with E-state index < -0.39 is 0 Å². The van der Waals surface area contributed by atoms with Crippen LogP contribution in [0.15, 0.2) is 12.1 Å². The van der Waals surface area contributed by atoms with Gasteiger partial charge in [0.25, 0.3) is 0 Å². The second-order valence-electron chi connectivity index (χ2n) is 7.85. The maximum absolute atomic E-state index is 13.1. The quantitative estimate of drug-likeness (QED) is 0.785. The van der Waals surface area contributed by atoms with Gasteiger partial charge in [0.2, 0.25) is 5.91 Å². The minimum Gasteiger partial charge on any atom is -0.338 e. The van der Waals surface area contributed by atoms with Crippen molar-refractivity contribution in [3.63, 3.8) is 0 Å². The van der Waals surface area contributed by atoms with Crippen molar-refractivity contribution >= 4 is 17.2 Å². The number of thiophene rings is 1. The van der Waals surface area contributed by atoms with Crippen molar-refractivity contribution in [1.29, 1.82) is 0 Å². The van der Waals surface area contributed by atoms with Crippen LogP contribution in [0.5, 0.6) is 0 Å². The summed E-state index contributed by atoms with van der Waals surface area (Å²) in [5.74, 6) is 1.12. The molecule has 0 spiro atoms. The average molecular weight is 349 g/mol. The standard InChI is InChI=1S/C20H32N2OS/c1-15(2)21(13-18-11-10-16(3)24-18)14-20(23)22-12-6-8-17-7-4-5-9-19(17)22/h10-11,15,17,19H,4-9,12-14H2,1-3H3. The highest BCUT2D eigenvalue weighted by Crippen LogP contribution is 2.35. The van der Waals surface area contributed by atoms with E-state index in [1.165, 1.54) is 48.3 Å². The van der Waals surface area contributed by atoms with Gasteiger partial charge in [-0.2, -0.15) is 0 Å². The Balaban J connectivity index is 1.64. The monoisotopic (exact) mass is 348 g/mol. The summed E-state index contributed by atoms with van der Waals surface area (Å²) in [4.78, 5) is 20.3. The van der Waals surface area contributed by atoms with E-state index in [2.05, 4.69) is 42.7 Å². The van der Waals surface area contributed by atoms with E-state index in [4.69, 9.17) is 0 Å². The Hall–Kier alpha value is -0.870. The fourth-order valence-corrected chi connectivity index (χ4v) is 5.31. The fourth-order valence-electron chi connectivity index (χ4n) is 4.39. The molecule has 1 saturated carbocycles. The predicted octanol–water partition coefficient (Wildman–Crippen LogP) is 4.45. The van der Waals surface area contributed by atoms with Crippen LogP contribution in [-0.2, 0) is 11.3 Å². The largest absolute Gasteiger partial charge is 0.338 e. The third kappa shape index (κ3) is 4.20. The normalized spacial score (nSPS) is 24.5. The van der Waals surface area contributed by atoms with Crippen molar-refractivity contribution in [2.75, 3.05) is 13.1 Å². The number of aryl methyl sites for hydroxylation is 1. The molecule has 4 heteroatoms. The zero-order valence-electron chi connectivity index (χ0n) is 15.5. The summed E-state index contributed by atoms with van der Waals surface area (Å²) in [6.45, 7) is 8.99. The van der Waals surface area contributed by atoms with Crippen molar-refractivity contribution in [2.45, 2.75) is 77.9 Å². The van der Waals surface area contributed by atoms with E-state index in [-0.39, 0.29) is 0 Å². The zero-order chi connectivity index (χ0) is 17.1. The number of amides is 1. The number of rotatable bonds is 5. The first-order valence-corrected chi connectivity index (χ1v) is 10.4. The summed E-state index contributed by atoms with van der Waals surface area (Å²) in [6.07, 6.45) is 7.74.